The molecule has 80 valence electrons. The Balaban J connectivity index is 2.35. The van der Waals surface area contributed by atoms with Crippen molar-refractivity contribution in [3.8, 4) is 0 Å². The number of aromatic nitrogens is 1. The number of rotatable bonds is 3. The van der Waals surface area contributed by atoms with Crippen LogP contribution in [0, 0.1) is 0 Å². The molecule has 1 heterocycles. The molecule has 3 heteroatoms. The molecule has 1 aromatic heterocycles. The first kappa shape index (κ1) is 11.1. The standard InChI is InChI=1S/C12H14BrNS/c1-8(2)15-7-9-6-14-11-5-3-4-10(13)12(9)11/h3-6,8,14H,7H2,1-2H3. The largest absolute Gasteiger partial charge is 0.361 e. The molecule has 1 nitrogen and oxygen atoms in total. The molecule has 1 N–H and O–H groups in total. The molecule has 15 heavy (non-hydrogen) atoms. The van der Waals surface area contributed by atoms with Gasteiger partial charge in [-0.3, -0.25) is 0 Å². The molecule has 0 saturated carbocycles. The van der Waals surface area contributed by atoms with Crippen molar-refractivity contribution < 1.29 is 0 Å². The van der Waals surface area contributed by atoms with Crippen LogP contribution in [0.1, 0.15) is 19.4 Å². The van der Waals surface area contributed by atoms with Gasteiger partial charge in [-0.1, -0.05) is 35.8 Å². The monoisotopic (exact) mass is 283 g/mol. The fraction of sp³-hybridized carbons (Fsp3) is 0.333. The van der Waals surface area contributed by atoms with Gasteiger partial charge in [-0.2, -0.15) is 11.8 Å². The van der Waals surface area contributed by atoms with Gasteiger partial charge in [0.2, 0.25) is 0 Å². The van der Waals surface area contributed by atoms with Crippen molar-refractivity contribution in [2.75, 3.05) is 0 Å². The second-order valence-electron chi connectivity index (χ2n) is 3.84. The summed E-state index contributed by atoms with van der Waals surface area (Å²) in [5, 5.41) is 2.00. The molecule has 0 aliphatic carbocycles. The third kappa shape index (κ3) is 2.40. The first-order chi connectivity index (χ1) is 7.18. The van der Waals surface area contributed by atoms with Crippen molar-refractivity contribution in [2.24, 2.45) is 0 Å². The average Bonchev–Trinajstić information content (AvgIpc) is 2.59. The summed E-state index contributed by atoms with van der Waals surface area (Å²) in [5.74, 6) is 1.07. The number of halogens is 1. The minimum atomic E-state index is 0.678. The molecule has 2 rings (SSSR count). The number of aromatic amines is 1. The van der Waals surface area contributed by atoms with E-state index in [2.05, 4.69) is 59.2 Å². The van der Waals surface area contributed by atoms with E-state index in [0.717, 1.165) is 5.75 Å². The lowest BCUT2D eigenvalue weighted by Crippen LogP contribution is -1.88. The van der Waals surface area contributed by atoms with Crippen molar-refractivity contribution in [2.45, 2.75) is 24.9 Å². The maximum absolute atomic E-state index is 3.60. The summed E-state index contributed by atoms with van der Waals surface area (Å²) in [6.07, 6.45) is 2.12. The molecular formula is C12H14BrNS. The van der Waals surface area contributed by atoms with E-state index in [-0.39, 0.29) is 0 Å². The smallest absolute Gasteiger partial charge is 0.0468 e. The second kappa shape index (κ2) is 4.62. The van der Waals surface area contributed by atoms with Gasteiger partial charge >= 0.3 is 0 Å². The van der Waals surface area contributed by atoms with E-state index in [0.29, 0.717) is 5.25 Å². The van der Waals surface area contributed by atoms with Gasteiger partial charge in [-0.25, -0.2) is 0 Å². The lowest BCUT2D eigenvalue weighted by Gasteiger charge is -2.04. The van der Waals surface area contributed by atoms with Gasteiger partial charge in [0.25, 0.3) is 0 Å². The summed E-state index contributed by atoms with van der Waals surface area (Å²) in [4.78, 5) is 3.31. The molecule has 1 aromatic carbocycles. The van der Waals surface area contributed by atoms with Crippen molar-refractivity contribution in [1.29, 1.82) is 0 Å². The molecule has 0 unspecified atom stereocenters. The molecule has 0 radical (unpaired) electrons. The first-order valence-corrected chi connectivity index (χ1v) is 6.88. The van der Waals surface area contributed by atoms with Gasteiger partial charge in [-0.15, -0.1) is 0 Å². The Morgan fingerprint density at radius 3 is 2.93 bits per heavy atom. The Bertz CT molecular complexity index is 462. The van der Waals surface area contributed by atoms with Crippen LogP contribution in [0.3, 0.4) is 0 Å². The van der Waals surface area contributed by atoms with Crippen LogP contribution in [0.25, 0.3) is 10.9 Å². The quantitative estimate of drug-likeness (QED) is 0.872. The van der Waals surface area contributed by atoms with E-state index in [9.17, 15) is 0 Å². The molecule has 0 fully saturated rings. The third-order valence-corrected chi connectivity index (χ3v) is 4.11. The maximum atomic E-state index is 3.60. The zero-order valence-corrected chi connectivity index (χ0v) is 11.3. The van der Waals surface area contributed by atoms with Crippen LogP contribution in [0.2, 0.25) is 0 Å². The molecule has 0 bridgehead atoms. The number of fused-ring (bicyclic) bond motifs is 1. The molecule has 0 spiro atoms. The highest BCUT2D eigenvalue weighted by Crippen LogP contribution is 2.30. The molecule has 0 aliphatic rings. The zero-order valence-electron chi connectivity index (χ0n) is 8.88. The summed E-state index contributed by atoms with van der Waals surface area (Å²) < 4.78 is 1.18. The average molecular weight is 284 g/mol. The topological polar surface area (TPSA) is 15.8 Å². The molecule has 0 aliphatic heterocycles. The number of thioether (sulfide) groups is 1. The van der Waals surface area contributed by atoms with Crippen LogP contribution in [-0.2, 0) is 5.75 Å². The van der Waals surface area contributed by atoms with Gasteiger partial charge in [0.05, 0.1) is 0 Å². The molecule has 2 aromatic rings. The van der Waals surface area contributed by atoms with E-state index in [4.69, 9.17) is 0 Å². The van der Waals surface area contributed by atoms with Crippen molar-refractivity contribution in [3.05, 3.63) is 34.4 Å². The van der Waals surface area contributed by atoms with Gasteiger partial charge in [0.1, 0.15) is 0 Å². The molecule has 0 saturated heterocycles. The Labute approximate surface area is 103 Å². The highest BCUT2D eigenvalue weighted by Gasteiger charge is 2.07. The molecule has 0 amide bonds. The van der Waals surface area contributed by atoms with E-state index in [1.54, 1.807) is 0 Å². The number of H-pyrrole nitrogens is 1. The third-order valence-electron chi connectivity index (χ3n) is 2.31. The summed E-state index contributed by atoms with van der Waals surface area (Å²) in [6.45, 7) is 4.46. The highest BCUT2D eigenvalue weighted by atomic mass is 79.9. The van der Waals surface area contributed by atoms with E-state index in [1.165, 1.54) is 20.9 Å². The fourth-order valence-corrected chi connectivity index (χ4v) is 2.94. The van der Waals surface area contributed by atoms with Crippen LogP contribution >= 0.6 is 27.7 Å². The maximum Gasteiger partial charge on any atom is 0.0468 e. The highest BCUT2D eigenvalue weighted by molar-refractivity contribution is 9.10. The van der Waals surface area contributed by atoms with E-state index < -0.39 is 0 Å². The lowest BCUT2D eigenvalue weighted by atomic mass is 10.2. The number of nitrogens with one attached hydrogen (secondary N) is 1. The SMILES string of the molecule is CC(C)SCc1c[nH]c2cccc(Br)c12. The van der Waals surface area contributed by atoms with Crippen LogP contribution in [0.15, 0.2) is 28.9 Å². The van der Waals surface area contributed by atoms with Gasteiger partial charge in [0.15, 0.2) is 0 Å². The molecule has 0 atom stereocenters. The minimum absolute atomic E-state index is 0.678. The summed E-state index contributed by atoms with van der Waals surface area (Å²) in [6, 6.07) is 6.27. The minimum Gasteiger partial charge on any atom is -0.361 e. The number of hydrogen-bond donors (Lipinski definition) is 1. The van der Waals surface area contributed by atoms with E-state index >= 15 is 0 Å². The van der Waals surface area contributed by atoms with Crippen LogP contribution in [0.5, 0.6) is 0 Å². The van der Waals surface area contributed by atoms with Gasteiger partial charge < -0.3 is 4.98 Å². The van der Waals surface area contributed by atoms with Gasteiger partial charge in [-0.05, 0) is 22.9 Å². The van der Waals surface area contributed by atoms with Crippen molar-refractivity contribution in [3.63, 3.8) is 0 Å². The van der Waals surface area contributed by atoms with Crippen LogP contribution in [-0.4, -0.2) is 10.2 Å². The van der Waals surface area contributed by atoms with Crippen LogP contribution in [0.4, 0.5) is 0 Å². The molecular weight excluding hydrogens is 270 g/mol. The fourth-order valence-electron chi connectivity index (χ4n) is 1.58. The van der Waals surface area contributed by atoms with Crippen molar-refractivity contribution in [1.82, 2.24) is 4.98 Å². The van der Waals surface area contributed by atoms with Crippen molar-refractivity contribution >= 4 is 38.6 Å². The zero-order chi connectivity index (χ0) is 10.8. The Hall–Kier alpha value is -0.410. The summed E-state index contributed by atoms with van der Waals surface area (Å²) >= 11 is 5.58. The Kier molecular flexibility index (Phi) is 3.42. The van der Waals surface area contributed by atoms with Crippen LogP contribution < -0.4 is 0 Å². The van der Waals surface area contributed by atoms with E-state index in [1.807, 2.05) is 11.8 Å². The first-order valence-electron chi connectivity index (χ1n) is 5.04. The van der Waals surface area contributed by atoms with Gasteiger partial charge in [0, 0.05) is 27.3 Å². The Morgan fingerprint density at radius 1 is 1.40 bits per heavy atom. The number of hydrogen-bond acceptors (Lipinski definition) is 1. The Morgan fingerprint density at radius 2 is 2.20 bits per heavy atom. The normalized spacial score (nSPS) is 11.5. The summed E-state index contributed by atoms with van der Waals surface area (Å²) in [5.41, 5.74) is 2.60. The predicted octanol–water partition coefficient (Wildman–Crippen LogP) is 4.57. The second-order valence-corrected chi connectivity index (χ2v) is 6.26. The lowest BCUT2D eigenvalue weighted by molar-refractivity contribution is 1.11. The summed E-state index contributed by atoms with van der Waals surface area (Å²) in [7, 11) is 0. The predicted molar refractivity (Wildman–Crippen MR) is 72.4 cm³/mol. The number of benzene rings is 1.